The lowest BCUT2D eigenvalue weighted by Crippen LogP contribution is -2.49. The SMILES string of the molecule is O=C(O)C1(C(=O)NN2CCCCC2)CC1. The van der Waals surface area contributed by atoms with Gasteiger partial charge in [-0.15, -0.1) is 0 Å². The lowest BCUT2D eigenvalue weighted by molar-refractivity contribution is -0.151. The van der Waals surface area contributed by atoms with Crippen LogP contribution in [0.2, 0.25) is 0 Å². The summed E-state index contributed by atoms with van der Waals surface area (Å²) in [4.78, 5) is 22.6. The fourth-order valence-corrected chi connectivity index (χ4v) is 1.92. The van der Waals surface area contributed by atoms with Gasteiger partial charge in [-0.1, -0.05) is 6.42 Å². The highest BCUT2D eigenvalue weighted by atomic mass is 16.4. The summed E-state index contributed by atoms with van der Waals surface area (Å²) in [6.07, 6.45) is 4.28. The van der Waals surface area contributed by atoms with Gasteiger partial charge in [0.05, 0.1) is 0 Å². The van der Waals surface area contributed by atoms with Crippen LogP contribution in [0.3, 0.4) is 0 Å². The zero-order valence-corrected chi connectivity index (χ0v) is 8.66. The molecule has 1 amide bonds. The van der Waals surface area contributed by atoms with Crippen LogP contribution in [0.15, 0.2) is 0 Å². The van der Waals surface area contributed by atoms with Crippen molar-refractivity contribution >= 4 is 11.9 Å². The molecule has 2 aliphatic rings. The third-order valence-electron chi connectivity index (χ3n) is 3.21. The number of carbonyl (C=O) groups is 2. The van der Waals surface area contributed by atoms with Crippen molar-refractivity contribution in [3.05, 3.63) is 0 Å². The number of carbonyl (C=O) groups excluding carboxylic acids is 1. The summed E-state index contributed by atoms with van der Waals surface area (Å²) < 4.78 is 0. The van der Waals surface area contributed by atoms with Crippen LogP contribution in [0.1, 0.15) is 32.1 Å². The third kappa shape index (κ3) is 1.97. The predicted octanol–water partition coefficient (Wildman–Crippen LogP) is 0.368. The maximum atomic E-state index is 11.7. The number of carboxylic acid groups (broad SMARTS) is 1. The Labute approximate surface area is 88.4 Å². The number of amides is 1. The summed E-state index contributed by atoms with van der Waals surface area (Å²) in [5, 5.41) is 10.8. The standard InChI is InChI=1S/C10H16N2O3/c13-8(10(4-5-10)9(14)15)11-12-6-2-1-3-7-12/h1-7H2,(H,11,13)(H,14,15). The number of hydrogen-bond acceptors (Lipinski definition) is 3. The van der Waals surface area contributed by atoms with Gasteiger partial charge in [0.2, 0.25) is 0 Å². The van der Waals surface area contributed by atoms with E-state index in [4.69, 9.17) is 5.11 Å². The fourth-order valence-electron chi connectivity index (χ4n) is 1.92. The highest BCUT2D eigenvalue weighted by Gasteiger charge is 2.57. The second-order valence-electron chi connectivity index (χ2n) is 4.38. The zero-order valence-electron chi connectivity index (χ0n) is 8.66. The molecule has 1 saturated carbocycles. The highest BCUT2D eigenvalue weighted by molar-refractivity contribution is 6.04. The van der Waals surface area contributed by atoms with E-state index in [2.05, 4.69) is 5.43 Å². The number of hydrazine groups is 1. The largest absolute Gasteiger partial charge is 0.480 e. The molecule has 1 saturated heterocycles. The van der Waals surface area contributed by atoms with E-state index in [1.807, 2.05) is 5.01 Å². The minimum atomic E-state index is -1.11. The summed E-state index contributed by atoms with van der Waals surface area (Å²) in [7, 11) is 0. The first-order valence-corrected chi connectivity index (χ1v) is 5.45. The maximum absolute atomic E-state index is 11.7. The molecule has 2 fully saturated rings. The van der Waals surface area contributed by atoms with Crippen molar-refractivity contribution in [2.24, 2.45) is 5.41 Å². The van der Waals surface area contributed by atoms with Crippen LogP contribution in [0.5, 0.6) is 0 Å². The van der Waals surface area contributed by atoms with Crippen molar-refractivity contribution in [2.45, 2.75) is 32.1 Å². The van der Waals surface area contributed by atoms with Crippen LogP contribution >= 0.6 is 0 Å². The van der Waals surface area contributed by atoms with Crippen molar-refractivity contribution in [3.63, 3.8) is 0 Å². The highest BCUT2D eigenvalue weighted by Crippen LogP contribution is 2.46. The predicted molar refractivity (Wildman–Crippen MR) is 52.9 cm³/mol. The molecule has 0 aromatic rings. The average molecular weight is 212 g/mol. The van der Waals surface area contributed by atoms with Crippen LogP contribution in [0.4, 0.5) is 0 Å². The van der Waals surface area contributed by atoms with Gasteiger partial charge in [-0.05, 0) is 25.7 Å². The topological polar surface area (TPSA) is 69.6 Å². The smallest absolute Gasteiger partial charge is 0.319 e. The fraction of sp³-hybridized carbons (Fsp3) is 0.800. The van der Waals surface area contributed by atoms with E-state index in [1.54, 1.807) is 0 Å². The molecule has 84 valence electrons. The van der Waals surface area contributed by atoms with E-state index in [9.17, 15) is 9.59 Å². The summed E-state index contributed by atoms with van der Waals surface area (Å²) in [6.45, 7) is 1.67. The molecule has 5 nitrogen and oxygen atoms in total. The van der Waals surface area contributed by atoms with E-state index in [1.165, 1.54) is 6.42 Å². The van der Waals surface area contributed by atoms with Gasteiger partial charge in [0.25, 0.3) is 5.91 Å². The van der Waals surface area contributed by atoms with E-state index in [0.717, 1.165) is 25.9 Å². The molecule has 0 spiro atoms. The minimum Gasteiger partial charge on any atom is -0.480 e. The first-order valence-electron chi connectivity index (χ1n) is 5.45. The number of piperidine rings is 1. The molecule has 0 atom stereocenters. The summed E-state index contributed by atoms with van der Waals surface area (Å²) >= 11 is 0. The third-order valence-corrected chi connectivity index (χ3v) is 3.21. The molecular formula is C10H16N2O3. The Morgan fingerprint density at radius 3 is 2.20 bits per heavy atom. The Balaban J connectivity index is 1.89. The summed E-state index contributed by atoms with van der Waals surface area (Å²) in [5.41, 5.74) is 1.60. The van der Waals surface area contributed by atoms with Crippen LogP contribution in [0, 0.1) is 5.41 Å². The van der Waals surface area contributed by atoms with Crippen LogP contribution in [0.25, 0.3) is 0 Å². The van der Waals surface area contributed by atoms with Crippen LogP contribution in [-0.4, -0.2) is 35.1 Å². The first-order chi connectivity index (χ1) is 7.15. The zero-order chi connectivity index (χ0) is 10.9. The molecule has 0 unspecified atom stereocenters. The number of aliphatic carboxylic acids is 1. The minimum absolute atomic E-state index is 0.336. The second-order valence-corrected chi connectivity index (χ2v) is 4.38. The normalized spacial score (nSPS) is 24.5. The average Bonchev–Trinajstić information content (AvgIpc) is 2.99. The lowest BCUT2D eigenvalue weighted by atomic mass is 10.1. The Bertz CT molecular complexity index is 280. The first kappa shape index (κ1) is 10.4. The second kappa shape index (κ2) is 3.81. The van der Waals surface area contributed by atoms with E-state index in [0.29, 0.717) is 12.8 Å². The molecular weight excluding hydrogens is 196 g/mol. The number of rotatable bonds is 3. The maximum Gasteiger partial charge on any atom is 0.319 e. The van der Waals surface area contributed by atoms with Crippen molar-refractivity contribution < 1.29 is 14.7 Å². The molecule has 2 rings (SSSR count). The molecule has 1 aliphatic carbocycles. The number of nitrogens with zero attached hydrogens (tertiary/aromatic N) is 1. The van der Waals surface area contributed by atoms with Crippen LogP contribution in [-0.2, 0) is 9.59 Å². The van der Waals surface area contributed by atoms with E-state index in [-0.39, 0.29) is 5.91 Å². The van der Waals surface area contributed by atoms with Gasteiger partial charge in [0, 0.05) is 13.1 Å². The van der Waals surface area contributed by atoms with Gasteiger partial charge >= 0.3 is 5.97 Å². The molecule has 1 aliphatic heterocycles. The van der Waals surface area contributed by atoms with Crippen molar-refractivity contribution in [1.29, 1.82) is 0 Å². The van der Waals surface area contributed by atoms with Gasteiger partial charge in [-0.2, -0.15) is 0 Å². The molecule has 2 N–H and O–H groups in total. The van der Waals surface area contributed by atoms with Crippen molar-refractivity contribution in [2.75, 3.05) is 13.1 Å². The molecule has 0 aromatic heterocycles. The van der Waals surface area contributed by atoms with Gasteiger partial charge in [-0.25, -0.2) is 5.01 Å². The number of hydrogen-bond donors (Lipinski definition) is 2. The lowest BCUT2D eigenvalue weighted by Gasteiger charge is -2.28. The van der Waals surface area contributed by atoms with E-state index < -0.39 is 11.4 Å². The Hall–Kier alpha value is -1.10. The van der Waals surface area contributed by atoms with Gasteiger partial charge < -0.3 is 5.11 Å². The Kier molecular flexibility index (Phi) is 2.65. The van der Waals surface area contributed by atoms with Crippen molar-refractivity contribution in [1.82, 2.24) is 10.4 Å². The van der Waals surface area contributed by atoms with Gasteiger partial charge in [0.15, 0.2) is 0 Å². The molecule has 5 heteroatoms. The molecule has 1 heterocycles. The molecule has 0 bridgehead atoms. The molecule has 0 aromatic carbocycles. The quantitative estimate of drug-likeness (QED) is 0.663. The number of carboxylic acids is 1. The number of nitrogens with one attached hydrogen (secondary N) is 1. The van der Waals surface area contributed by atoms with Crippen molar-refractivity contribution in [3.8, 4) is 0 Å². The monoisotopic (exact) mass is 212 g/mol. The Morgan fingerprint density at radius 2 is 1.73 bits per heavy atom. The van der Waals surface area contributed by atoms with E-state index >= 15 is 0 Å². The van der Waals surface area contributed by atoms with Gasteiger partial charge in [0.1, 0.15) is 5.41 Å². The molecule has 0 radical (unpaired) electrons. The Morgan fingerprint density at radius 1 is 1.13 bits per heavy atom. The summed E-state index contributed by atoms with van der Waals surface area (Å²) in [5.74, 6) is -1.33. The summed E-state index contributed by atoms with van der Waals surface area (Å²) in [6, 6.07) is 0. The molecule has 15 heavy (non-hydrogen) atoms. The van der Waals surface area contributed by atoms with Crippen LogP contribution < -0.4 is 5.43 Å². The van der Waals surface area contributed by atoms with Gasteiger partial charge in [-0.3, -0.25) is 15.0 Å².